The zero-order valence-corrected chi connectivity index (χ0v) is 15.1. The molecule has 0 fully saturated rings. The molecule has 6 heteroatoms. The molecule has 0 unspecified atom stereocenters. The number of fused-ring (bicyclic) bond motifs is 1. The lowest BCUT2D eigenvalue weighted by atomic mass is 10.0. The molecular weight excluding hydrogens is 360 g/mol. The van der Waals surface area contributed by atoms with Gasteiger partial charge < -0.3 is 4.74 Å². The predicted molar refractivity (Wildman–Crippen MR) is 105 cm³/mol. The van der Waals surface area contributed by atoms with Crippen molar-refractivity contribution in [1.82, 2.24) is 4.98 Å². The number of nitrogens with zero attached hydrogens (tertiary/aromatic N) is 1. The highest BCUT2D eigenvalue weighted by molar-refractivity contribution is 7.89. The molecule has 2 N–H and O–H groups in total. The summed E-state index contributed by atoms with van der Waals surface area (Å²) >= 11 is 0. The molecule has 5 nitrogen and oxygen atoms in total. The van der Waals surface area contributed by atoms with Crippen LogP contribution in [0.4, 0.5) is 0 Å². The Labute approximate surface area is 157 Å². The van der Waals surface area contributed by atoms with Crippen LogP contribution in [0.15, 0.2) is 90.1 Å². The van der Waals surface area contributed by atoms with Gasteiger partial charge in [0, 0.05) is 28.9 Å². The van der Waals surface area contributed by atoms with E-state index in [0.29, 0.717) is 22.3 Å². The molecular formula is C21H16N2O3S. The SMILES string of the molecule is NS(=O)(=O)c1c(-c2cccnc2)cc2ccccc2c1Oc1ccccc1. The van der Waals surface area contributed by atoms with Crippen LogP contribution in [0.1, 0.15) is 0 Å². The maximum atomic E-state index is 12.6. The monoisotopic (exact) mass is 376 g/mol. The Morgan fingerprint density at radius 2 is 1.63 bits per heavy atom. The summed E-state index contributed by atoms with van der Waals surface area (Å²) < 4.78 is 31.2. The molecule has 0 bridgehead atoms. The van der Waals surface area contributed by atoms with E-state index in [1.807, 2.05) is 42.5 Å². The minimum atomic E-state index is -4.08. The second kappa shape index (κ2) is 6.83. The van der Waals surface area contributed by atoms with Crippen LogP contribution in [0.2, 0.25) is 0 Å². The van der Waals surface area contributed by atoms with Crippen LogP contribution in [0.25, 0.3) is 21.9 Å². The van der Waals surface area contributed by atoms with E-state index in [9.17, 15) is 8.42 Å². The third kappa shape index (κ3) is 3.40. The van der Waals surface area contributed by atoms with E-state index in [1.54, 1.807) is 42.7 Å². The van der Waals surface area contributed by atoms with Crippen LogP contribution in [0, 0.1) is 0 Å². The van der Waals surface area contributed by atoms with Gasteiger partial charge >= 0.3 is 0 Å². The highest BCUT2D eigenvalue weighted by atomic mass is 32.2. The van der Waals surface area contributed by atoms with E-state index < -0.39 is 10.0 Å². The average Bonchev–Trinajstić information content (AvgIpc) is 2.68. The number of hydrogen-bond donors (Lipinski definition) is 1. The first kappa shape index (κ1) is 17.2. The molecule has 3 aromatic carbocycles. The molecule has 0 radical (unpaired) electrons. The number of primary sulfonamides is 1. The number of rotatable bonds is 4. The number of ether oxygens (including phenoxy) is 1. The molecule has 0 aliphatic rings. The first-order valence-electron chi connectivity index (χ1n) is 8.26. The number of para-hydroxylation sites is 1. The van der Waals surface area contributed by atoms with Gasteiger partial charge in [0.05, 0.1) is 0 Å². The third-order valence-electron chi connectivity index (χ3n) is 4.18. The molecule has 0 saturated carbocycles. The predicted octanol–water partition coefficient (Wildman–Crippen LogP) is 4.34. The standard InChI is InChI=1S/C21H16N2O3S/c22-27(24,25)21-19(16-8-6-12-23-14-16)13-15-7-4-5-11-18(15)20(21)26-17-9-2-1-3-10-17/h1-14H,(H2,22,24,25). The van der Waals surface area contributed by atoms with Gasteiger partial charge in [-0.15, -0.1) is 0 Å². The van der Waals surface area contributed by atoms with Gasteiger partial charge in [0.25, 0.3) is 0 Å². The molecule has 4 aromatic rings. The van der Waals surface area contributed by atoms with Crippen molar-refractivity contribution < 1.29 is 13.2 Å². The minimum absolute atomic E-state index is 0.0574. The maximum absolute atomic E-state index is 12.6. The van der Waals surface area contributed by atoms with Crippen LogP contribution < -0.4 is 9.88 Å². The Bertz CT molecular complexity index is 1210. The van der Waals surface area contributed by atoms with Crippen molar-refractivity contribution in [3.05, 3.63) is 85.2 Å². The molecule has 0 atom stereocenters. The van der Waals surface area contributed by atoms with Crippen molar-refractivity contribution in [1.29, 1.82) is 0 Å². The van der Waals surface area contributed by atoms with Gasteiger partial charge in [-0.2, -0.15) is 0 Å². The number of pyridine rings is 1. The van der Waals surface area contributed by atoms with Gasteiger partial charge in [-0.1, -0.05) is 48.5 Å². The molecule has 0 amide bonds. The van der Waals surface area contributed by atoms with E-state index in [2.05, 4.69) is 4.98 Å². The topological polar surface area (TPSA) is 82.3 Å². The van der Waals surface area contributed by atoms with Crippen molar-refractivity contribution >= 4 is 20.8 Å². The van der Waals surface area contributed by atoms with Crippen LogP contribution in [0.3, 0.4) is 0 Å². The molecule has 4 rings (SSSR count). The Morgan fingerprint density at radius 3 is 2.33 bits per heavy atom. The van der Waals surface area contributed by atoms with Crippen molar-refractivity contribution in [2.45, 2.75) is 4.90 Å². The molecule has 1 aromatic heterocycles. The number of nitrogens with two attached hydrogens (primary N) is 1. The minimum Gasteiger partial charge on any atom is -0.455 e. The molecule has 0 aliphatic carbocycles. The summed E-state index contributed by atoms with van der Waals surface area (Å²) in [6.45, 7) is 0. The second-order valence-corrected chi connectivity index (χ2v) is 7.50. The lowest BCUT2D eigenvalue weighted by Crippen LogP contribution is -2.15. The molecule has 27 heavy (non-hydrogen) atoms. The van der Waals surface area contributed by atoms with Crippen LogP contribution >= 0.6 is 0 Å². The fourth-order valence-electron chi connectivity index (χ4n) is 3.02. The van der Waals surface area contributed by atoms with Gasteiger partial charge in [-0.3, -0.25) is 4.98 Å². The zero-order valence-electron chi connectivity index (χ0n) is 14.2. The number of benzene rings is 3. The van der Waals surface area contributed by atoms with Gasteiger partial charge in [0.2, 0.25) is 10.0 Å². The summed E-state index contributed by atoms with van der Waals surface area (Å²) in [6.07, 6.45) is 3.23. The third-order valence-corrected chi connectivity index (χ3v) is 5.15. The van der Waals surface area contributed by atoms with Crippen LogP contribution in [-0.4, -0.2) is 13.4 Å². The van der Waals surface area contributed by atoms with E-state index in [-0.39, 0.29) is 10.6 Å². The molecule has 0 aliphatic heterocycles. The largest absolute Gasteiger partial charge is 0.455 e. The summed E-state index contributed by atoms with van der Waals surface area (Å²) in [5.41, 5.74) is 1.10. The van der Waals surface area contributed by atoms with Gasteiger partial charge in [-0.05, 0) is 29.7 Å². The Balaban J connectivity index is 2.09. The summed E-state index contributed by atoms with van der Waals surface area (Å²) in [5, 5.41) is 7.12. The Hall–Kier alpha value is -3.22. The lowest BCUT2D eigenvalue weighted by molar-refractivity contribution is 0.474. The number of hydrogen-bond acceptors (Lipinski definition) is 4. The van der Waals surface area contributed by atoms with Crippen molar-refractivity contribution in [2.24, 2.45) is 5.14 Å². The highest BCUT2D eigenvalue weighted by Crippen LogP contribution is 2.42. The molecule has 1 heterocycles. The summed E-state index contributed by atoms with van der Waals surface area (Å²) in [4.78, 5) is 4.04. The molecule has 134 valence electrons. The van der Waals surface area contributed by atoms with E-state index in [1.165, 1.54) is 0 Å². The van der Waals surface area contributed by atoms with Crippen molar-refractivity contribution in [2.75, 3.05) is 0 Å². The van der Waals surface area contributed by atoms with Crippen molar-refractivity contribution in [3.63, 3.8) is 0 Å². The Morgan fingerprint density at radius 1 is 0.889 bits per heavy atom. The van der Waals surface area contributed by atoms with E-state index in [4.69, 9.17) is 9.88 Å². The fourth-order valence-corrected chi connectivity index (χ4v) is 3.92. The quantitative estimate of drug-likeness (QED) is 0.574. The number of aromatic nitrogens is 1. The van der Waals surface area contributed by atoms with E-state index >= 15 is 0 Å². The maximum Gasteiger partial charge on any atom is 0.242 e. The summed E-state index contributed by atoms with van der Waals surface area (Å²) in [5.74, 6) is 0.733. The molecule has 0 spiro atoms. The Kier molecular flexibility index (Phi) is 4.35. The molecule has 0 saturated heterocycles. The zero-order chi connectivity index (χ0) is 18.9. The first-order chi connectivity index (χ1) is 13.0. The second-order valence-electron chi connectivity index (χ2n) is 6.01. The van der Waals surface area contributed by atoms with Crippen LogP contribution in [0.5, 0.6) is 11.5 Å². The normalized spacial score (nSPS) is 11.4. The lowest BCUT2D eigenvalue weighted by Gasteiger charge is -2.17. The first-order valence-corrected chi connectivity index (χ1v) is 9.80. The average molecular weight is 376 g/mol. The fraction of sp³-hybridized carbons (Fsp3) is 0. The summed E-state index contributed by atoms with van der Waals surface area (Å²) in [6, 6.07) is 21.8. The smallest absolute Gasteiger partial charge is 0.242 e. The van der Waals surface area contributed by atoms with Gasteiger partial charge in [-0.25, -0.2) is 13.6 Å². The highest BCUT2D eigenvalue weighted by Gasteiger charge is 2.25. The van der Waals surface area contributed by atoms with E-state index in [0.717, 1.165) is 5.39 Å². The van der Waals surface area contributed by atoms with Gasteiger partial charge in [0.1, 0.15) is 10.6 Å². The summed E-state index contributed by atoms with van der Waals surface area (Å²) in [7, 11) is -4.08. The van der Waals surface area contributed by atoms with Gasteiger partial charge in [0.15, 0.2) is 5.75 Å². The number of sulfonamides is 1. The van der Waals surface area contributed by atoms with Crippen LogP contribution in [-0.2, 0) is 10.0 Å². The van der Waals surface area contributed by atoms with Crippen molar-refractivity contribution in [3.8, 4) is 22.6 Å².